The standard InChI is InChI=1S/C32H35FN4O4/c1-20-19-36(15-16-37(20)31(41)28(38)32(2,3)22-9-5-4-6-10-22)30(40)25-17-21(13-14-26(25)33)18-27-23-11-7-8-12-24(23)29(39)35-34-27/h4-6,9-10,13-14,17,20H,7-8,11-12,15-16,18-19H2,1-3H3,(H,35,39)/t20-/m0/s1. The quantitative estimate of drug-likeness (QED) is 0.466. The molecule has 2 aliphatic rings. The van der Waals surface area contributed by atoms with Crippen LogP contribution < -0.4 is 5.56 Å². The smallest absolute Gasteiger partial charge is 0.291 e. The highest BCUT2D eigenvalue weighted by Gasteiger charge is 2.40. The summed E-state index contributed by atoms with van der Waals surface area (Å²) in [6, 6.07) is 13.2. The van der Waals surface area contributed by atoms with Crippen LogP contribution in [0.4, 0.5) is 4.39 Å². The first-order valence-electron chi connectivity index (χ1n) is 14.2. The number of halogens is 1. The second-order valence-electron chi connectivity index (χ2n) is 11.6. The molecule has 1 aliphatic carbocycles. The van der Waals surface area contributed by atoms with E-state index >= 15 is 0 Å². The van der Waals surface area contributed by atoms with E-state index in [4.69, 9.17) is 0 Å². The van der Waals surface area contributed by atoms with Crippen molar-refractivity contribution in [2.24, 2.45) is 0 Å². The number of carbonyl (C=O) groups is 3. The maximum Gasteiger partial charge on any atom is 0.291 e. The number of nitrogens with zero attached hydrogens (tertiary/aromatic N) is 3. The molecule has 1 N–H and O–H groups in total. The largest absolute Gasteiger partial charge is 0.335 e. The van der Waals surface area contributed by atoms with Crippen LogP contribution in [0.25, 0.3) is 0 Å². The van der Waals surface area contributed by atoms with Crippen molar-refractivity contribution in [2.45, 2.75) is 64.3 Å². The van der Waals surface area contributed by atoms with E-state index in [0.717, 1.165) is 53.6 Å². The molecule has 0 unspecified atom stereocenters. The van der Waals surface area contributed by atoms with Crippen molar-refractivity contribution in [3.63, 3.8) is 0 Å². The summed E-state index contributed by atoms with van der Waals surface area (Å²) in [4.78, 5) is 55.2. The number of piperazine rings is 1. The highest BCUT2D eigenvalue weighted by molar-refractivity contribution is 6.39. The maximum atomic E-state index is 14.9. The van der Waals surface area contributed by atoms with E-state index in [2.05, 4.69) is 10.2 Å². The summed E-state index contributed by atoms with van der Waals surface area (Å²) in [5, 5.41) is 6.85. The molecule has 1 atom stereocenters. The number of aromatic amines is 1. The lowest BCUT2D eigenvalue weighted by molar-refractivity contribution is -0.149. The summed E-state index contributed by atoms with van der Waals surface area (Å²) in [6.07, 6.45) is 3.82. The minimum Gasteiger partial charge on any atom is -0.335 e. The third kappa shape index (κ3) is 5.58. The maximum absolute atomic E-state index is 14.9. The van der Waals surface area contributed by atoms with Gasteiger partial charge in [-0.15, -0.1) is 0 Å². The first-order chi connectivity index (χ1) is 19.6. The van der Waals surface area contributed by atoms with E-state index in [1.165, 1.54) is 15.9 Å². The lowest BCUT2D eigenvalue weighted by atomic mass is 9.80. The molecule has 9 heteroatoms. The Hall–Kier alpha value is -4.14. The summed E-state index contributed by atoms with van der Waals surface area (Å²) in [7, 11) is 0. The van der Waals surface area contributed by atoms with Crippen molar-refractivity contribution in [3.8, 4) is 0 Å². The highest BCUT2D eigenvalue weighted by Crippen LogP contribution is 2.27. The molecule has 2 amide bonds. The third-order valence-electron chi connectivity index (χ3n) is 8.45. The number of nitrogens with one attached hydrogen (secondary N) is 1. The van der Waals surface area contributed by atoms with Crippen molar-refractivity contribution in [3.05, 3.63) is 98.2 Å². The summed E-state index contributed by atoms with van der Waals surface area (Å²) in [5.41, 5.74) is 2.75. The molecule has 5 rings (SSSR count). The van der Waals surface area contributed by atoms with E-state index in [1.807, 2.05) is 30.3 Å². The van der Waals surface area contributed by atoms with Gasteiger partial charge in [0.2, 0.25) is 5.78 Å². The normalized spacial score (nSPS) is 17.2. The molecule has 1 fully saturated rings. The van der Waals surface area contributed by atoms with Crippen molar-refractivity contribution < 1.29 is 18.8 Å². The van der Waals surface area contributed by atoms with Crippen LogP contribution in [0.15, 0.2) is 53.3 Å². The number of ketones is 1. The number of carbonyl (C=O) groups excluding carboxylic acids is 3. The number of hydrogen-bond donors (Lipinski definition) is 1. The minimum atomic E-state index is -0.992. The van der Waals surface area contributed by atoms with Crippen molar-refractivity contribution in [2.75, 3.05) is 19.6 Å². The molecule has 8 nitrogen and oxygen atoms in total. The van der Waals surface area contributed by atoms with Crippen LogP contribution in [0.2, 0.25) is 0 Å². The lowest BCUT2D eigenvalue weighted by Crippen LogP contribution is -2.58. The first-order valence-corrected chi connectivity index (χ1v) is 14.2. The van der Waals surface area contributed by atoms with Crippen LogP contribution in [-0.2, 0) is 34.3 Å². The molecule has 0 spiro atoms. The Bertz CT molecular complexity index is 1550. The second-order valence-corrected chi connectivity index (χ2v) is 11.6. The number of hydrogen-bond acceptors (Lipinski definition) is 5. The molecular formula is C32H35FN4O4. The van der Waals surface area contributed by atoms with Crippen LogP contribution in [0.3, 0.4) is 0 Å². The zero-order valence-corrected chi connectivity index (χ0v) is 23.7. The fraction of sp³-hybridized carbons (Fsp3) is 0.406. The molecule has 1 aromatic heterocycles. The Morgan fingerprint density at radius 3 is 2.44 bits per heavy atom. The fourth-order valence-corrected chi connectivity index (χ4v) is 5.91. The van der Waals surface area contributed by atoms with E-state index < -0.39 is 34.9 Å². The zero-order chi connectivity index (χ0) is 29.3. The minimum absolute atomic E-state index is 0.0472. The van der Waals surface area contributed by atoms with E-state index in [1.54, 1.807) is 32.9 Å². The molecule has 0 bridgehead atoms. The van der Waals surface area contributed by atoms with Crippen LogP contribution in [0.1, 0.15) is 71.9 Å². The summed E-state index contributed by atoms with van der Waals surface area (Å²) >= 11 is 0. The van der Waals surface area contributed by atoms with Crippen LogP contribution in [0.5, 0.6) is 0 Å². The van der Waals surface area contributed by atoms with E-state index in [0.29, 0.717) is 6.42 Å². The number of aromatic nitrogens is 2. The van der Waals surface area contributed by atoms with Crippen molar-refractivity contribution in [1.82, 2.24) is 20.0 Å². The van der Waals surface area contributed by atoms with Gasteiger partial charge in [-0.1, -0.05) is 36.4 Å². The molecule has 0 saturated carbocycles. The number of H-pyrrole nitrogens is 1. The SMILES string of the molecule is C[C@H]1CN(C(=O)c2cc(Cc3n[nH]c(=O)c4c3CCCC4)ccc2F)CCN1C(=O)C(=O)C(C)(C)c1ccccc1. The number of rotatable bonds is 6. The van der Waals surface area contributed by atoms with Gasteiger partial charge in [0.15, 0.2) is 0 Å². The van der Waals surface area contributed by atoms with E-state index in [9.17, 15) is 23.6 Å². The molecule has 3 aromatic rings. The van der Waals surface area contributed by atoms with Crippen molar-refractivity contribution in [1.29, 1.82) is 0 Å². The third-order valence-corrected chi connectivity index (χ3v) is 8.45. The predicted octanol–water partition coefficient (Wildman–Crippen LogP) is 3.60. The van der Waals surface area contributed by atoms with Gasteiger partial charge >= 0.3 is 0 Å². The Morgan fingerprint density at radius 2 is 1.73 bits per heavy atom. The van der Waals surface area contributed by atoms with Crippen molar-refractivity contribution >= 4 is 17.6 Å². The second kappa shape index (κ2) is 11.4. The Morgan fingerprint density at radius 1 is 1.02 bits per heavy atom. The highest BCUT2D eigenvalue weighted by atomic mass is 19.1. The summed E-state index contributed by atoms with van der Waals surface area (Å²) in [5.74, 6) is -2.17. The van der Waals surface area contributed by atoms with Crippen LogP contribution in [0, 0.1) is 5.82 Å². The Kier molecular flexibility index (Phi) is 7.89. The fourth-order valence-electron chi connectivity index (χ4n) is 5.91. The summed E-state index contributed by atoms with van der Waals surface area (Å²) in [6.45, 7) is 5.81. The Balaban J connectivity index is 1.29. The van der Waals surface area contributed by atoms with Gasteiger partial charge in [-0.2, -0.15) is 5.10 Å². The molecule has 214 valence electrons. The van der Waals surface area contributed by atoms with Crippen LogP contribution in [-0.4, -0.2) is 63.3 Å². The van der Waals surface area contributed by atoms with Gasteiger partial charge in [0.25, 0.3) is 17.4 Å². The Labute approximate surface area is 238 Å². The lowest BCUT2D eigenvalue weighted by Gasteiger charge is -2.40. The molecule has 1 saturated heterocycles. The average Bonchev–Trinajstić information content (AvgIpc) is 2.99. The molecule has 2 aromatic carbocycles. The van der Waals surface area contributed by atoms with E-state index in [-0.39, 0.29) is 30.8 Å². The van der Waals surface area contributed by atoms with Gasteiger partial charge in [0, 0.05) is 37.7 Å². The number of fused-ring (bicyclic) bond motifs is 1. The number of benzene rings is 2. The van der Waals surface area contributed by atoms with Crippen LogP contribution >= 0.6 is 0 Å². The monoisotopic (exact) mass is 558 g/mol. The number of Topliss-reactive ketones (excluding diaryl/α,β-unsaturated/α-hetero) is 1. The van der Waals surface area contributed by atoms with Gasteiger partial charge < -0.3 is 9.80 Å². The topological polar surface area (TPSA) is 103 Å². The molecule has 0 radical (unpaired) electrons. The van der Waals surface area contributed by atoms with Gasteiger partial charge in [-0.3, -0.25) is 19.2 Å². The van der Waals surface area contributed by atoms with Gasteiger partial charge in [0.1, 0.15) is 5.82 Å². The first kappa shape index (κ1) is 28.4. The molecule has 1 aliphatic heterocycles. The number of amides is 2. The molecular weight excluding hydrogens is 523 g/mol. The zero-order valence-electron chi connectivity index (χ0n) is 23.7. The average molecular weight is 559 g/mol. The summed E-state index contributed by atoms with van der Waals surface area (Å²) < 4.78 is 14.9. The molecule has 2 heterocycles. The van der Waals surface area contributed by atoms with Gasteiger partial charge in [-0.25, -0.2) is 9.49 Å². The van der Waals surface area contributed by atoms with Gasteiger partial charge in [0.05, 0.1) is 16.7 Å². The predicted molar refractivity (Wildman–Crippen MR) is 152 cm³/mol. The van der Waals surface area contributed by atoms with Gasteiger partial charge in [-0.05, 0) is 75.3 Å². The molecule has 41 heavy (non-hydrogen) atoms.